The number of aromatic nitrogens is 9. The molecule has 6 bridgehead atoms. The number of sulfonamides is 1. The number of amides is 1. The fourth-order valence-corrected chi connectivity index (χ4v) is 17.2. The smallest absolute Gasteiger partial charge is 0.506 e. The Balaban J connectivity index is 0.000000288. The molecule has 781 valence electrons. The van der Waals surface area contributed by atoms with Gasteiger partial charge in [0.25, 0.3) is 12.9 Å². The van der Waals surface area contributed by atoms with E-state index in [-0.39, 0.29) is 145 Å². The summed E-state index contributed by atoms with van der Waals surface area (Å²) < 4.78 is 72.4. The maximum atomic E-state index is 13.2. The Bertz CT molecular complexity index is 7080. The number of ether oxygens (including phenoxy) is 5. The second-order valence-corrected chi connectivity index (χ2v) is 40.2. The van der Waals surface area contributed by atoms with Crippen LogP contribution >= 0.6 is 19.1 Å². The fraction of sp³-hybridized carbons (Fsp3) is 0.315. The maximum Gasteiger partial charge on any atom is 2.00 e. The summed E-state index contributed by atoms with van der Waals surface area (Å²) >= 11 is 1.61. The number of aliphatic hydroxyl groups excluding tert-OH is 2. The van der Waals surface area contributed by atoms with E-state index in [2.05, 4.69) is 78.4 Å². The van der Waals surface area contributed by atoms with Crippen LogP contribution in [0.2, 0.25) is 0 Å². The molecule has 5 aromatic heterocycles. The Morgan fingerprint density at radius 3 is 1.53 bits per heavy atom. The molecule has 1 amide bonds. The number of aliphatic hydroxyl groups is 2. The van der Waals surface area contributed by atoms with Crippen LogP contribution in [-0.4, -0.2) is 184 Å². The number of rotatable bonds is 31. The molecular formula is C111H132BN13O19PS2W. The standard InChI is InChI=1S/C31H33NO8.C25H31N5O5S.C24H14N6.C13H13O2P.C12H23NO4S.2C2H6.2CH3.B.W/c1-6-31(4,5)30(38)40-15-20(33)14-39-29(37)18-7-9-21-22(12-18)28(36)25(27(21)35)26-24(34)13-19-11-17(16(2)3)8-10-23(19)32-26;1-5-25(3,4)24(32)35-17-9-16-26-36(33,34)21-14-12-19(13-15-21)27-28-22-18(2)29-30(23(22)31)20-10-7-6-8-11-20;1-2-8-14-13(7-1)19-25-20(14)29-22-17-11-5-6-12-18(17)24(27-22)30-23-16-10-4-3-9-15(16)21(26-23)28-19;1-15-16(14,12-8-4-2-5-9-12)13-10-6-3-7-11-13;1-5-12(2,3)10(14)16-7-6-13-11(15)17-8-9-18-4;2*1-2;;;;/h7-13,16,20,33-34,36H,6,14-15H2,1-5H3;6-8,10-15,26,29H,5,9,16-17H2,1-4H3;1-12H,(H2,25,26,27,28,29,30);2-11H,1H3;5-9H2,1-4H3,(H,13,15);2*1-2H3;2*1H3;;/q;;;;;;;2*-1;;+2. The van der Waals surface area contributed by atoms with Crippen molar-refractivity contribution in [2.24, 2.45) is 26.5 Å². The molecule has 9 aromatic carbocycles. The minimum absolute atomic E-state index is 0. The predicted molar refractivity (Wildman–Crippen MR) is 585 cm³/mol. The van der Waals surface area contributed by atoms with Crippen molar-refractivity contribution >= 4 is 162 Å². The van der Waals surface area contributed by atoms with E-state index in [0.717, 1.165) is 83.6 Å². The Kier molecular flexibility index (Phi) is 47.4. The zero-order chi connectivity index (χ0) is 105. The molecule has 148 heavy (non-hydrogen) atoms. The van der Waals surface area contributed by atoms with Gasteiger partial charge in [0.05, 0.1) is 68.0 Å². The van der Waals surface area contributed by atoms with Crippen LogP contribution in [0.1, 0.15) is 179 Å². The first kappa shape index (κ1) is 123. The normalized spacial score (nSPS) is 11.8. The maximum absolute atomic E-state index is 13.2. The number of carbonyl (C=O) groups excluding carboxylic acids is 6. The van der Waals surface area contributed by atoms with Crippen LogP contribution in [0.15, 0.2) is 250 Å². The number of ketones is 1. The van der Waals surface area contributed by atoms with Gasteiger partial charge in [-0.1, -0.05) is 196 Å². The van der Waals surface area contributed by atoms with Gasteiger partial charge in [-0.15, -0.1) is 5.11 Å². The minimum atomic E-state index is -3.74. The van der Waals surface area contributed by atoms with Crippen molar-refractivity contribution in [3.63, 3.8) is 0 Å². The van der Waals surface area contributed by atoms with Gasteiger partial charge in [0.1, 0.15) is 72.3 Å². The molecule has 8 N–H and O–H groups in total. The number of benzene rings is 9. The number of para-hydroxylation sites is 1. The van der Waals surface area contributed by atoms with Gasteiger partial charge < -0.3 is 73.7 Å². The number of fused-ring (bicyclic) bond motifs is 17. The van der Waals surface area contributed by atoms with Crippen molar-refractivity contribution in [2.45, 2.75) is 153 Å². The van der Waals surface area contributed by atoms with Gasteiger partial charge in [0.2, 0.25) is 10.0 Å². The van der Waals surface area contributed by atoms with Crippen molar-refractivity contribution in [1.29, 1.82) is 0 Å². The number of Topliss-reactive ketones (excluding diaryl/α,β-unsaturated/α-hetero) is 1. The summed E-state index contributed by atoms with van der Waals surface area (Å²) in [5.41, 5.74) is 6.38. The van der Waals surface area contributed by atoms with Crippen LogP contribution in [0.5, 0.6) is 5.75 Å². The van der Waals surface area contributed by atoms with Crippen LogP contribution in [0.4, 0.5) is 16.2 Å². The van der Waals surface area contributed by atoms with Gasteiger partial charge in [-0.25, -0.2) is 52.3 Å². The van der Waals surface area contributed by atoms with Crippen LogP contribution in [-0.2, 0) is 78.2 Å². The van der Waals surface area contributed by atoms with Crippen LogP contribution in [0.25, 0.3) is 94.8 Å². The zero-order valence-electron chi connectivity index (χ0n) is 87.3. The Hall–Kier alpha value is -13.7. The number of aromatic amines is 3. The molecular weight excluding hydrogens is 2110 g/mol. The van der Waals surface area contributed by atoms with E-state index >= 15 is 0 Å². The number of hydrogen-bond acceptors (Lipinski definition) is 27. The quantitative estimate of drug-likeness (QED) is 0.00380. The number of hydrogen-bond donors (Lipinski definition) is 8. The molecule has 6 heterocycles. The van der Waals surface area contributed by atoms with Gasteiger partial charge >= 0.3 is 51.0 Å². The van der Waals surface area contributed by atoms with Crippen molar-refractivity contribution in [2.75, 3.05) is 65.2 Å². The largest absolute Gasteiger partial charge is 2.00 e. The first-order valence-corrected chi connectivity index (χ1v) is 52.1. The molecule has 1 atom stereocenters. The van der Waals surface area contributed by atoms with Gasteiger partial charge in [-0.3, -0.25) is 33.6 Å². The van der Waals surface area contributed by atoms with E-state index in [4.69, 9.17) is 48.1 Å². The SMILES string of the molecule is CC.CC.CCC(C)(C)C(=O)OCC(O)COC(=O)c1ccc2c(c1)C(O)=C(c1nc3ccc(C(C)C)cc3cc1O)C2=O.CCC(C)(C)C(=O)OCCCNS(=O)(=O)c1ccc(N=Nc2c(C)[nH]n(-c3ccccc3)c2=O)cc1.CCC(C)(C)C(=O)OCCNC(=O)OCCSC.COP(=O)(c1ccccc1)c1ccccc1.[B].[CH3-].[CH3-].[W+2].c1ccc2c(c1)-c1nc-2nc2[nH]c(nc3[nH]c(n1)c1ccccc31)c1ccccc21. The van der Waals surface area contributed by atoms with Crippen molar-refractivity contribution in [3.05, 3.63) is 289 Å². The van der Waals surface area contributed by atoms with Crippen molar-refractivity contribution in [1.82, 2.24) is 54.7 Å². The molecule has 0 spiro atoms. The first-order valence-electron chi connectivity index (χ1n) is 47.5. The summed E-state index contributed by atoms with van der Waals surface area (Å²) in [4.78, 5) is 116. The number of esters is 4. The third-order valence-electron chi connectivity index (χ3n) is 23.6. The fourth-order valence-electron chi connectivity index (χ4n) is 14.0. The Morgan fingerprint density at radius 1 is 0.547 bits per heavy atom. The van der Waals surface area contributed by atoms with Crippen molar-refractivity contribution < 1.29 is 106 Å². The number of nitrogens with one attached hydrogen (secondary N) is 5. The summed E-state index contributed by atoms with van der Waals surface area (Å²) in [5.74, 6) is -0.670. The number of H-pyrrole nitrogens is 3. The molecule has 16 rings (SSSR count). The van der Waals surface area contributed by atoms with E-state index < -0.39 is 75.9 Å². The van der Waals surface area contributed by atoms with E-state index in [1.165, 1.54) is 60.3 Å². The summed E-state index contributed by atoms with van der Waals surface area (Å²) in [6.07, 6.45) is 2.53. The molecule has 0 saturated carbocycles. The number of aromatic hydroxyl groups is 1. The number of carbonyl (C=O) groups is 6. The van der Waals surface area contributed by atoms with E-state index in [9.17, 15) is 61.9 Å². The topological polar surface area (TPSA) is 452 Å². The van der Waals surface area contributed by atoms with Crippen LogP contribution < -0.4 is 26.2 Å². The molecule has 3 radical (unpaired) electrons. The number of thioether (sulfide) groups is 1. The van der Waals surface area contributed by atoms with Crippen molar-refractivity contribution in [3.8, 4) is 34.2 Å². The minimum Gasteiger partial charge on any atom is -0.506 e. The Labute approximate surface area is 885 Å². The monoisotopic (exact) mass is 2240 g/mol. The predicted octanol–water partition coefficient (Wildman–Crippen LogP) is 22.2. The number of pyridine rings is 1. The zero-order valence-corrected chi connectivity index (χ0v) is 92.7. The molecule has 1 unspecified atom stereocenters. The molecule has 37 heteroatoms. The molecule has 14 aromatic rings. The van der Waals surface area contributed by atoms with Gasteiger partial charge in [-0.05, 0) is 189 Å². The Morgan fingerprint density at radius 2 is 1.03 bits per heavy atom. The molecule has 32 nitrogen and oxygen atoms in total. The third-order valence-corrected chi connectivity index (χ3v) is 28.1. The average molecular weight is 2240 g/mol. The number of nitrogens with zero attached hydrogens (tertiary/aromatic N) is 8. The van der Waals surface area contributed by atoms with Gasteiger partial charge in [0.15, 0.2) is 23.1 Å². The molecule has 2 aliphatic rings. The summed E-state index contributed by atoms with van der Waals surface area (Å²) in [6, 6.07) is 69.1. The number of alkyl carbamates (subject to hydrolysis) is 1. The van der Waals surface area contributed by atoms with Gasteiger partial charge in [-0.2, -0.15) is 16.9 Å². The second kappa shape index (κ2) is 57.0. The van der Waals surface area contributed by atoms with Gasteiger partial charge in [0, 0.05) is 87.6 Å². The van der Waals surface area contributed by atoms with Crippen LogP contribution in [0, 0.1) is 38.0 Å². The molecule has 0 fully saturated rings. The van der Waals surface area contributed by atoms with E-state index in [0.29, 0.717) is 65.5 Å². The molecule has 0 saturated heterocycles. The number of aryl methyl sites for hydroxylation is 1. The average Bonchev–Trinajstić information content (AvgIpc) is 1.60. The van der Waals surface area contributed by atoms with Crippen LogP contribution in [0.3, 0.4) is 0 Å². The third kappa shape index (κ3) is 31.0. The first-order chi connectivity index (χ1) is 68.9. The van der Waals surface area contributed by atoms with E-state index in [1.807, 2.05) is 208 Å². The summed E-state index contributed by atoms with van der Waals surface area (Å²) in [6.45, 7) is 30.6. The number of azo groups is 1. The summed E-state index contributed by atoms with van der Waals surface area (Å²) in [7, 11) is -5.16. The van der Waals surface area contributed by atoms with E-state index in [1.54, 1.807) is 64.6 Å². The second-order valence-electron chi connectivity index (χ2n) is 35.0. The number of allylic oxidation sites excluding steroid dienone is 1. The summed E-state index contributed by atoms with van der Waals surface area (Å²) in [5, 5.41) is 51.7. The molecule has 1 aliphatic carbocycles. The molecule has 1 aliphatic heterocycles.